The number of methoxy groups -OCH3 is 2. The van der Waals surface area contributed by atoms with E-state index in [4.69, 9.17) is 56.9 Å². The first-order chi connectivity index (χ1) is 32.1. The van der Waals surface area contributed by atoms with Crippen LogP contribution in [0.4, 0.5) is 0 Å². The number of carbonyl (C=O) groups is 7. The summed E-state index contributed by atoms with van der Waals surface area (Å²) in [7, 11) is 3.18. The van der Waals surface area contributed by atoms with Gasteiger partial charge in [-0.3, -0.25) is 28.8 Å². The zero-order valence-corrected chi connectivity index (χ0v) is 39.3. The minimum absolute atomic E-state index is 0.00146. The smallest absolute Gasteiger partial charge is 0.333 e. The summed E-state index contributed by atoms with van der Waals surface area (Å²) in [4.78, 5) is 89.5. The summed E-state index contributed by atoms with van der Waals surface area (Å²) < 4.78 is 60.3. The quantitative estimate of drug-likeness (QED) is 0.0528. The molecular weight excluding hydrogens is 876 g/mol. The highest BCUT2D eigenvalue weighted by Gasteiger charge is 2.34. The maximum atomic E-state index is 13.2. The highest BCUT2D eigenvalue weighted by molar-refractivity contribution is 6.01. The van der Waals surface area contributed by atoms with E-state index < -0.39 is 23.3 Å². The Hall–Kier alpha value is -3.75. The molecular formula is C43H76N4O19. The number of rotatable bonds is 47. The zero-order valence-electron chi connectivity index (χ0n) is 39.3. The van der Waals surface area contributed by atoms with Gasteiger partial charge in [-0.25, -0.2) is 4.79 Å². The number of hydrogen-bond donors (Lipinski definition) is 3. The van der Waals surface area contributed by atoms with Crippen LogP contribution in [-0.2, 0) is 90.5 Å². The lowest BCUT2D eigenvalue weighted by atomic mass is 10.0. The van der Waals surface area contributed by atoms with Crippen LogP contribution < -0.4 is 16.0 Å². The van der Waals surface area contributed by atoms with Crippen LogP contribution in [0.25, 0.3) is 0 Å². The van der Waals surface area contributed by atoms with Crippen molar-refractivity contribution in [2.24, 2.45) is 0 Å². The van der Waals surface area contributed by atoms with Gasteiger partial charge in [0.2, 0.25) is 17.7 Å². The van der Waals surface area contributed by atoms with E-state index >= 15 is 0 Å². The molecule has 1 fully saturated rings. The van der Waals surface area contributed by atoms with Gasteiger partial charge in [-0.15, -0.1) is 5.06 Å². The van der Waals surface area contributed by atoms with Crippen molar-refractivity contribution in [3.8, 4) is 0 Å². The molecule has 0 bridgehead atoms. The largest absolute Gasteiger partial charge is 0.382 e. The van der Waals surface area contributed by atoms with Gasteiger partial charge in [0.15, 0.2) is 0 Å². The molecule has 1 rings (SSSR count). The highest BCUT2D eigenvalue weighted by atomic mass is 16.7. The second-order valence-corrected chi connectivity index (χ2v) is 14.7. The summed E-state index contributed by atoms with van der Waals surface area (Å²) in [5, 5.41) is 8.91. The number of carbonyl (C=O) groups excluding carboxylic acids is 7. The number of Topliss-reactive ketones (excluding diaryl/α,β-unsaturated/α-hetero) is 1. The van der Waals surface area contributed by atoms with Crippen molar-refractivity contribution in [2.75, 3.05) is 159 Å². The monoisotopic (exact) mass is 953 g/mol. The van der Waals surface area contributed by atoms with E-state index in [0.717, 1.165) is 0 Å². The Labute approximate surface area is 388 Å². The molecule has 23 nitrogen and oxygen atoms in total. The van der Waals surface area contributed by atoms with Crippen LogP contribution in [0.2, 0.25) is 0 Å². The predicted molar refractivity (Wildman–Crippen MR) is 233 cm³/mol. The van der Waals surface area contributed by atoms with Crippen molar-refractivity contribution >= 4 is 41.3 Å². The fraction of sp³-hybridized carbons (Fsp3) is 0.837. The van der Waals surface area contributed by atoms with E-state index in [-0.39, 0.29) is 141 Å². The molecule has 0 aromatic carbocycles. The lowest BCUT2D eigenvalue weighted by Gasteiger charge is -2.34. The van der Waals surface area contributed by atoms with Crippen molar-refractivity contribution in [2.45, 2.75) is 76.7 Å². The summed E-state index contributed by atoms with van der Waals surface area (Å²) in [6.45, 7) is 7.92. The predicted octanol–water partition coefficient (Wildman–Crippen LogP) is -0.167. The Morgan fingerprint density at radius 1 is 0.485 bits per heavy atom. The van der Waals surface area contributed by atoms with E-state index in [2.05, 4.69) is 16.0 Å². The van der Waals surface area contributed by atoms with Crippen LogP contribution in [0, 0.1) is 0 Å². The molecule has 0 aromatic heterocycles. The van der Waals surface area contributed by atoms with E-state index in [1.165, 1.54) is 0 Å². The Morgan fingerprint density at radius 3 is 1.50 bits per heavy atom. The van der Waals surface area contributed by atoms with Gasteiger partial charge >= 0.3 is 5.97 Å². The molecule has 23 heteroatoms. The molecule has 382 valence electrons. The first kappa shape index (κ1) is 60.3. The molecule has 0 spiro atoms. The maximum absolute atomic E-state index is 13.2. The minimum atomic E-state index is -1.11. The average Bonchev–Trinajstić information content (AvgIpc) is 3.61. The third-order valence-corrected chi connectivity index (χ3v) is 9.06. The van der Waals surface area contributed by atoms with Crippen molar-refractivity contribution < 1.29 is 90.5 Å². The van der Waals surface area contributed by atoms with Crippen molar-refractivity contribution in [1.29, 1.82) is 0 Å². The Balaban J connectivity index is 2.31. The van der Waals surface area contributed by atoms with Crippen LogP contribution in [0.3, 0.4) is 0 Å². The molecule has 1 aliphatic heterocycles. The van der Waals surface area contributed by atoms with Gasteiger partial charge in [-0.1, -0.05) is 0 Å². The van der Waals surface area contributed by atoms with E-state index in [9.17, 15) is 33.6 Å². The van der Waals surface area contributed by atoms with E-state index in [1.807, 2.05) is 6.92 Å². The minimum Gasteiger partial charge on any atom is -0.382 e. The third kappa shape index (κ3) is 33.7. The zero-order chi connectivity index (χ0) is 48.4. The van der Waals surface area contributed by atoms with Gasteiger partial charge in [0, 0.05) is 91.9 Å². The number of hydroxylamine groups is 2. The van der Waals surface area contributed by atoms with E-state index in [1.54, 1.807) is 14.2 Å². The topological polar surface area (TPSA) is 270 Å². The number of hydrogen-bond acceptors (Lipinski definition) is 19. The number of ether oxygens (including phenoxy) is 11. The number of ketones is 1. The second kappa shape index (κ2) is 41.4. The summed E-state index contributed by atoms with van der Waals surface area (Å²) >= 11 is 0. The lowest BCUT2D eigenvalue weighted by molar-refractivity contribution is -0.197. The first-order valence-electron chi connectivity index (χ1n) is 22.7. The number of nitrogens with one attached hydrogen (secondary N) is 3. The normalized spacial score (nSPS) is 13.5. The molecule has 3 N–H and O–H groups in total. The molecule has 5 amide bonds. The molecule has 1 saturated heterocycles. The van der Waals surface area contributed by atoms with Crippen molar-refractivity contribution in [1.82, 2.24) is 21.0 Å². The fourth-order valence-corrected chi connectivity index (χ4v) is 5.59. The molecule has 1 atom stereocenters. The van der Waals surface area contributed by atoms with Gasteiger partial charge in [-0.2, -0.15) is 0 Å². The van der Waals surface area contributed by atoms with Gasteiger partial charge in [0.1, 0.15) is 11.3 Å². The third-order valence-electron chi connectivity index (χ3n) is 9.06. The van der Waals surface area contributed by atoms with Gasteiger partial charge < -0.3 is 72.9 Å². The summed E-state index contributed by atoms with van der Waals surface area (Å²) in [5.41, 5.74) is -1.11. The van der Waals surface area contributed by atoms with Crippen molar-refractivity contribution in [3.63, 3.8) is 0 Å². The molecule has 0 aromatic rings. The van der Waals surface area contributed by atoms with Crippen LogP contribution in [0.5, 0.6) is 0 Å². The summed E-state index contributed by atoms with van der Waals surface area (Å²) in [6, 6.07) is 0. The first-order valence-corrected chi connectivity index (χ1v) is 22.7. The average molecular weight is 953 g/mol. The van der Waals surface area contributed by atoms with E-state index in [0.29, 0.717) is 97.1 Å². The Morgan fingerprint density at radius 2 is 0.939 bits per heavy atom. The Bertz CT molecular complexity index is 1290. The standard InChI is InChI=1S/C43H76N4O19/c1-4-57-33-43(34-64-18-12-36(48)7-6-17-58-25-23-55-2,35-65-20-13-38(50)45-16-21-60-26-24-56-3)46-39(51)14-19-59-27-29-62-31-32-63-30-28-61-22-15-44-37(49)8-5-9-42(54)66-47-40(52)10-11-41(47)53/h4-35H2,1-3H3,(H,44,49)(H,45,50)(H,46,51). The molecule has 66 heavy (non-hydrogen) atoms. The Kier molecular flexibility index (Phi) is 37.8. The van der Waals surface area contributed by atoms with Gasteiger partial charge in [0.25, 0.3) is 11.8 Å². The summed E-state index contributed by atoms with van der Waals surface area (Å²) in [5.74, 6) is -2.65. The van der Waals surface area contributed by atoms with Crippen molar-refractivity contribution in [3.05, 3.63) is 0 Å². The van der Waals surface area contributed by atoms with Gasteiger partial charge in [-0.05, 0) is 19.8 Å². The molecule has 0 radical (unpaired) electrons. The van der Waals surface area contributed by atoms with Crippen LogP contribution in [0.1, 0.15) is 71.1 Å². The summed E-state index contributed by atoms with van der Waals surface area (Å²) in [6.07, 6.45) is 1.45. The van der Waals surface area contributed by atoms with Crippen LogP contribution in [-0.4, -0.2) is 211 Å². The maximum Gasteiger partial charge on any atom is 0.333 e. The number of imide groups is 1. The molecule has 1 heterocycles. The molecule has 1 aliphatic rings. The highest BCUT2D eigenvalue weighted by Crippen LogP contribution is 2.14. The molecule has 0 saturated carbocycles. The van der Waals surface area contributed by atoms with Crippen LogP contribution in [0.15, 0.2) is 0 Å². The molecule has 0 aliphatic carbocycles. The second-order valence-electron chi connectivity index (χ2n) is 14.7. The lowest BCUT2D eigenvalue weighted by Crippen LogP contribution is -2.58. The number of nitrogens with zero attached hydrogens (tertiary/aromatic N) is 1. The SMILES string of the molecule is CCOCC(COCCC(=O)CCCOCCOC)(COCCC(=O)NCCOCCOC)NC(=O)CCOCCOCCOCCOCCNC(=O)CCCC(=O)ON1C(=O)CCC1=O. The number of amides is 5. The fourth-order valence-electron chi connectivity index (χ4n) is 5.59. The molecule has 1 unspecified atom stereocenters. The van der Waals surface area contributed by atoms with Crippen LogP contribution >= 0.6 is 0 Å². The van der Waals surface area contributed by atoms with Gasteiger partial charge in [0.05, 0.1) is 119 Å².